The van der Waals surface area contributed by atoms with Crippen molar-refractivity contribution in [1.29, 1.82) is 0 Å². The van der Waals surface area contributed by atoms with Crippen molar-refractivity contribution in [2.75, 3.05) is 13.1 Å². The maximum absolute atomic E-state index is 4.18. The summed E-state index contributed by atoms with van der Waals surface area (Å²) >= 11 is 0. The molecule has 2 heterocycles. The Kier molecular flexibility index (Phi) is 1.94. The third-order valence-corrected chi connectivity index (χ3v) is 5.41. The molecule has 0 N–H and O–H groups in total. The topological polar surface area (TPSA) is 24.7 Å². The highest BCUT2D eigenvalue weighted by Gasteiger charge is 2.59. The van der Waals surface area contributed by atoms with Crippen LogP contribution in [-0.2, 0) is 0 Å². The lowest BCUT2D eigenvalue weighted by Gasteiger charge is -2.00. The number of fused-ring (bicyclic) bond motifs is 2. The van der Waals surface area contributed by atoms with Crippen LogP contribution in [0.4, 0.5) is 0 Å². The molecule has 4 atom stereocenters. The Morgan fingerprint density at radius 1 is 0.812 bits per heavy atom. The van der Waals surface area contributed by atoms with Crippen LogP contribution in [0, 0.1) is 34.5 Å². The van der Waals surface area contributed by atoms with Crippen LogP contribution in [0.3, 0.4) is 0 Å². The van der Waals surface area contributed by atoms with Crippen molar-refractivity contribution in [1.82, 2.24) is 0 Å². The molecule has 0 spiro atoms. The second kappa shape index (κ2) is 2.96. The SMILES string of the molecule is CC1(C)[C@@H]2C=NC[C@@H]21.CC1(C)[C@@H]2C=NC[C@@H]21. The Balaban J connectivity index is 0.000000101. The Labute approximate surface area is 98.3 Å². The zero-order valence-electron chi connectivity index (χ0n) is 10.8. The van der Waals surface area contributed by atoms with E-state index in [1.165, 1.54) is 0 Å². The van der Waals surface area contributed by atoms with Gasteiger partial charge in [-0.05, 0) is 22.7 Å². The normalized spacial score (nSPS) is 46.8. The summed E-state index contributed by atoms with van der Waals surface area (Å²) in [5.74, 6) is 3.48. The molecule has 2 fully saturated rings. The van der Waals surface area contributed by atoms with Crippen molar-refractivity contribution in [2.24, 2.45) is 44.5 Å². The van der Waals surface area contributed by atoms with E-state index in [0.29, 0.717) is 10.8 Å². The highest BCUT2D eigenvalue weighted by atomic mass is 14.9. The maximum atomic E-state index is 4.18. The Morgan fingerprint density at radius 3 is 1.31 bits per heavy atom. The molecule has 4 aliphatic rings. The van der Waals surface area contributed by atoms with E-state index in [1.54, 1.807) is 0 Å². The molecule has 2 saturated carbocycles. The summed E-state index contributed by atoms with van der Waals surface area (Å²) in [6.07, 6.45) is 4.26. The first-order chi connectivity index (χ1) is 7.45. The molecule has 2 aliphatic heterocycles. The van der Waals surface area contributed by atoms with Crippen LogP contribution >= 0.6 is 0 Å². The van der Waals surface area contributed by atoms with Gasteiger partial charge in [0.2, 0.25) is 0 Å². The molecule has 0 saturated heterocycles. The fraction of sp³-hybridized carbons (Fsp3) is 0.857. The number of hydrogen-bond acceptors (Lipinski definition) is 2. The van der Waals surface area contributed by atoms with E-state index in [-0.39, 0.29) is 0 Å². The van der Waals surface area contributed by atoms with Crippen molar-refractivity contribution < 1.29 is 0 Å². The van der Waals surface area contributed by atoms with E-state index in [1.807, 2.05) is 0 Å². The number of nitrogens with zero attached hydrogens (tertiary/aromatic N) is 2. The van der Waals surface area contributed by atoms with Gasteiger partial charge in [0.1, 0.15) is 0 Å². The highest BCUT2D eigenvalue weighted by Crippen LogP contribution is 2.59. The molecule has 0 amide bonds. The summed E-state index contributed by atoms with van der Waals surface area (Å²) in [4.78, 5) is 8.37. The molecule has 2 nitrogen and oxygen atoms in total. The van der Waals surface area contributed by atoms with Crippen molar-refractivity contribution in [3.8, 4) is 0 Å². The molecule has 0 aromatic heterocycles. The molecular weight excluding hydrogens is 196 g/mol. The molecule has 0 radical (unpaired) electrons. The van der Waals surface area contributed by atoms with Gasteiger partial charge in [-0.1, -0.05) is 27.7 Å². The van der Waals surface area contributed by atoms with Gasteiger partial charge < -0.3 is 0 Å². The second-order valence-corrected chi connectivity index (χ2v) is 6.94. The summed E-state index contributed by atoms with van der Waals surface area (Å²) < 4.78 is 0. The van der Waals surface area contributed by atoms with Gasteiger partial charge in [0, 0.05) is 37.4 Å². The first-order valence-electron chi connectivity index (χ1n) is 6.45. The van der Waals surface area contributed by atoms with E-state index in [0.717, 1.165) is 36.8 Å². The monoisotopic (exact) mass is 218 g/mol. The van der Waals surface area contributed by atoms with Gasteiger partial charge in [0.05, 0.1) is 0 Å². The minimum Gasteiger partial charge on any atom is -0.297 e. The number of hydrogen-bond donors (Lipinski definition) is 0. The molecule has 0 bridgehead atoms. The number of aliphatic imine (C=N–C) groups is 2. The van der Waals surface area contributed by atoms with Crippen molar-refractivity contribution >= 4 is 12.4 Å². The highest BCUT2D eigenvalue weighted by molar-refractivity contribution is 5.70. The maximum Gasteiger partial charge on any atom is 0.0425 e. The molecule has 0 aromatic carbocycles. The summed E-state index contributed by atoms with van der Waals surface area (Å²) in [5, 5.41) is 0. The first-order valence-corrected chi connectivity index (χ1v) is 6.45. The molecule has 0 unspecified atom stereocenters. The van der Waals surface area contributed by atoms with E-state index < -0.39 is 0 Å². The molecular formula is C14H22N2. The van der Waals surface area contributed by atoms with Gasteiger partial charge >= 0.3 is 0 Å². The van der Waals surface area contributed by atoms with Crippen LogP contribution in [0.5, 0.6) is 0 Å². The van der Waals surface area contributed by atoms with Crippen LogP contribution in [-0.4, -0.2) is 25.5 Å². The van der Waals surface area contributed by atoms with Crippen molar-refractivity contribution in [3.63, 3.8) is 0 Å². The van der Waals surface area contributed by atoms with Gasteiger partial charge in [-0.25, -0.2) is 0 Å². The average molecular weight is 218 g/mol. The molecule has 88 valence electrons. The molecule has 2 heteroatoms. The summed E-state index contributed by atoms with van der Waals surface area (Å²) in [6.45, 7) is 11.5. The van der Waals surface area contributed by atoms with Crippen LogP contribution < -0.4 is 0 Å². The third kappa shape index (κ3) is 1.31. The van der Waals surface area contributed by atoms with Crippen LogP contribution in [0.2, 0.25) is 0 Å². The Hall–Kier alpha value is -0.660. The molecule has 4 rings (SSSR count). The largest absolute Gasteiger partial charge is 0.297 e. The average Bonchev–Trinajstić information content (AvgIpc) is 2.90. The fourth-order valence-corrected chi connectivity index (χ4v) is 3.44. The minimum atomic E-state index is 0.613. The second-order valence-electron chi connectivity index (χ2n) is 6.94. The molecule has 2 aliphatic carbocycles. The lowest BCUT2D eigenvalue weighted by Crippen LogP contribution is -1.96. The van der Waals surface area contributed by atoms with Gasteiger partial charge in [0.15, 0.2) is 0 Å². The molecule has 16 heavy (non-hydrogen) atoms. The third-order valence-electron chi connectivity index (χ3n) is 5.41. The van der Waals surface area contributed by atoms with E-state index in [2.05, 4.69) is 50.1 Å². The van der Waals surface area contributed by atoms with Crippen molar-refractivity contribution in [2.45, 2.75) is 27.7 Å². The summed E-state index contributed by atoms with van der Waals surface area (Å²) in [6, 6.07) is 0. The van der Waals surface area contributed by atoms with Crippen LogP contribution in [0.25, 0.3) is 0 Å². The summed E-state index contributed by atoms with van der Waals surface area (Å²) in [5.41, 5.74) is 1.23. The zero-order valence-corrected chi connectivity index (χ0v) is 10.8. The Morgan fingerprint density at radius 2 is 1.19 bits per heavy atom. The minimum absolute atomic E-state index is 0.613. The quantitative estimate of drug-likeness (QED) is 0.597. The van der Waals surface area contributed by atoms with E-state index in [9.17, 15) is 0 Å². The van der Waals surface area contributed by atoms with Gasteiger partial charge in [-0.15, -0.1) is 0 Å². The van der Waals surface area contributed by atoms with Crippen molar-refractivity contribution in [3.05, 3.63) is 0 Å². The number of rotatable bonds is 0. The zero-order chi connectivity index (χ0) is 11.6. The molecule has 0 aromatic rings. The van der Waals surface area contributed by atoms with E-state index >= 15 is 0 Å². The van der Waals surface area contributed by atoms with Gasteiger partial charge in [-0.3, -0.25) is 9.98 Å². The predicted octanol–water partition coefficient (Wildman–Crippen LogP) is 2.69. The van der Waals surface area contributed by atoms with Gasteiger partial charge in [0.25, 0.3) is 0 Å². The van der Waals surface area contributed by atoms with Crippen LogP contribution in [0.1, 0.15) is 27.7 Å². The van der Waals surface area contributed by atoms with Gasteiger partial charge in [-0.2, -0.15) is 0 Å². The summed E-state index contributed by atoms with van der Waals surface area (Å²) in [7, 11) is 0. The lowest BCUT2D eigenvalue weighted by molar-refractivity contribution is 0.552. The Bertz CT molecular complexity index is 329. The lowest BCUT2D eigenvalue weighted by atomic mass is 10.1. The first kappa shape index (κ1) is 10.5. The van der Waals surface area contributed by atoms with E-state index in [4.69, 9.17) is 0 Å². The van der Waals surface area contributed by atoms with Crippen LogP contribution in [0.15, 0.2) is 9.98 Å². The standard InChI is InChI=1S/2C7H11N/c2*1-7(2)5-3-8-4-6(5)7/h2*3,5-6H,4H2,1-2H3/t2*5-,6+/m11/s1. The smallest absolute Gasteiger partial charge is 0.0425 e. The fourth-order valence-electron chi connectivity index (χ4n) is 3.44. The predicted molar refractivity (Wildman–Crippen MR) is 68.2 cm³/mol.